The van der Waals surface area contributed by atoms with Gasteiger partial charge in [0.05, 0.1) is 19.8 Å². The minimum absolute atomic E-state index is 0.539. The van der Waals surface area contributed by atoms with E-state index in [2.05, 4.69) is 9.88 Å². The van der Waals surface area contributed by atoms with Gasteiger partial charge in [-0.15, -0.1) is 0 Å². The number of ether oxygens (including phenoxy) is 2. The number of aromatic nitrogens is 2. The SMILES string of the molecule is NC(=O)n1ccc2cc(-c3cccc(OCCCN4CCOCC4)c3)cnc21. The summed E-state index contributed by atoms with van der Waals surface area (Å²) in [6.07, 6.45) is 4.37. The molecule has 1 saturated heterocycles. The monoisotopic (exact) mass is 380 g/mol. The van der Waals surface area contributed by atoms with Crippen molar-refractivity contribution in [1.29, 1.82) is 0 Å². The molecule has 3 aromatic rings. The molecular weight excluding hydrogens is 356 g/mol. The summed E-state index contributed by atoms with van der Waals surface area (Å²) in [5, 5.41) is 0.869. The zero-order chi connectivity index (χ0) is 19.3. The summed E-state index contributed by atoms with van der Waals surface area (Å²) in [5.41, 5.74) is 7.91. The van der Waals surface area contributed by atoms with Gasteiger partial charge in [-0.1, -0.05) is 12.1 Å². The lowest BCUT2D eigenvalue weighted by Crippen LogP contribution is -2.37. The summed E-state index contributed by atoms with van der Waals surface area (Å²) in [7, 11) is 0. The molecule has 7 heteroatoms. The molecule has 2 N–H and O–H groups in total. The van der Waals surface area contributed by atoms with Crippen molar-refractivity contribution in [1.82, 2.24) is 14.5 Å². The van der Waals surface area contributed by atoms with Crippen LogP contribution in [0.1, 0.15) is 6.42 Å². The second-order valence-electron chi connectivity index (χ2n) is 6.84. The summed E-state index contributed by atoms with van der Waals surface area (Å²) in [6.45, 7) is 5.36. The molecule has 1 aliphatic rings. The predicted molar refractivity (Wildman–Crippen MR) is 108 cm³/mol. The van der Waals surface area contributed by atoms with E-state index in [1.165, 1.54) is 4.57 Å². The Kier molecular flexibility index (Phi) is 5.55. The van der Waals surface area contributed by atoms with Crippen LogP contribution in [0.15, 0.2) is 48.8 Å². The molecule has 28 heavy (non-hydrogen) atoms. The zero-order valence-electron chi connectivity index (χ0n) is 15.7. The third-order valence-corrected chi connectivity index (χ3v) is 4.92. The van der Waals surface area contributed by atoms with E-state index >= 15 is 0 Å². The van der Waals surface area contributed by atoms with Gasteiger partial charge in [0, 0.05) is 43.0 Å². The van der Waals surface area contributed by atoms with Gasteiger partial charge in [0.2, 0.25) is 0 Å². The second-order valence-corrected chi connectivity index (χ2v) is 6.84. The third kappa shape index (κ3) is 4.16. The molecule has 7 nitrogen and oxygen atoms in total. The lowest BCUT2D eigenvalue weighted by atomic mass is 10.1. The number of benzene rings is 1. The van der Waals surface area contributed by atoms with E-state index in [0.29, 0.717) is 12.3 Å². The average molecular weight is 380 g/mol. The van der Waals surface area contributed by atoms with Crippen LogP contribution in [0.5, 0.6) is 5.75 Å². The molecular formula is C21H24N4O3. The summed E-state index contributed by atoms with van der Waals surface area (Å²) in [6, 6.07) is 11.3. The summed E-state index contributed by atoms with van der Waals surface area (Å²) in [5.74, 6) is 0.842. The Morgan fingerprint density at radius 3 is 2.86 bits per heavy atom. The average Bonchev–Trinajstić information content (AvgIpc) is 3.16. The van der Waals surface area contributed by atoms with E-state index in [9.17, 15) is 4.79 Å². The van der Waals surface area contributed by atoms with Crippen LogP contribution in [-0.2, 0) is 4.74 Å². The molecule has 1 aromatic carbocycles. The van der Waals surface area contributed by atoms with Crippen LogP contribution in [0.3, 0.4) is 0 Å². The summed E-state index contributed by atoms with van der Waals surface area (Å²) in [4.78, 5) is 18.2. The first-order valence-corrected chi connectivity index (χ1v) is 9.51. The first-order chi connectivity index (χ1) is 13.7. The number of hydrogen-bond acceptors (Lipinski definition) is 5. The fourth-order valence-electron chi connectivity index (χ4n) is 3.43. The van der Waals surface area contributed by atoms with E-state index in [4.69, 9.17) is 15.2 Å². The van der Waals surface area contributed by atoms with E-state index in [1.54, 1.807) is 12.4 Å². The number of carbonyl (C=O) groups excluding carboxylic acids is 1. The van der Waals surface area contributed by atoms with Crippen LogP contribution in [0.2, 0.25) is 0 Å². The second kappa shape index (κ2) is 8.41. The first-order valence-electron chi connectivity index (χ1n) is 9.51. The van der Waals surface area contributed by atoms with Crippen molar-refractivity contribution in [2.24, 2.45) is 5.73 Å². The molecule has 0 bridgehead atoms. The molecule has 0 spiro atoms. The number of primary amides is 1. The van der Waals surface area contributed by atoms with E-state index in [1.807, 2.05) is 36.4 Å². The van der Waals surface area contributed by atoms with Crippen LogP contribution in [-0.4, -0.2) is 59.9 Å². The topological polar surface area (TPSA) is 82.6 Å². The largest absolute Gasteiger partial charge is 0.494 e. The first kappa shape index (κ1) is 18.5. The Balaban J connectivity index is 1.40. The van der Waals surface area contributed by atoms with Crippen LogP contribution in [0.25, 0.3) is 22.2 Å². The van der Waals surface area contributed by atoms with Gasteiger partial charge in [-0.05, 0) is 36.2 Å². The van der Waals surface area contributed by atoms with Gasteiger partial charge in [0.25, 0.3) is 0 Å². The van der Waals surface area contributed by atoms with Gasteiger partial charge in [0.15, 0.2) is 0 Å². The molecule has 0 atom stereocenters. The summed E-state index contributed by atoms with van der Waals surface area (Å²) >= 11 is 0. The Bertz CT molecular complexity index is 963. The standard InChI is InChI=1S/C21H24N4O3/c22-21(26)25-7-5-17-13-18(15-23-20(17)25)16-3-1-4-19(14-16)28-10-2-6-24-8-11-27-12-9-24/h1,3-5,7,13-15H,2,6,8-12H2,(H2,22,26). The maximum Gasteiger partial charge on any atom is 0.324 e. The van der Waals surface area contributed by atoms with Gasteiger partial charge >= 0.3 is 6.03 Å². The molecule has 2 aromatic heterocycles. The Morgan fingerprint density at radius 2 is 2.04 bits per heavy atom. The smallest absolute Gasteiger partial charge is 0.324 e. The Morgan fingerprint density at radius 1 is 1.18 bits per heavy atom. The molecule has 0 aliphatic carbocycles. The molecule has 0 unspecified atom stereocenters. The van der Waals surface area contributed by atoms with Crippen LogP contribution >= 0.6 is 0 Å². The maximum atomic E-state index is 11.4. The van der Waals surface area contributed by atoms with Gasteiger partial charge in [-0.2, -0.15) is 0 Å². The highest BCUT2D eigenvalue weighted by atomic mass is 16.5. The molecule has 4 rings (SSSR count). The highest BCUT2D eigenvalue weighted by molar-refractivity contribution is 5.90. The number of morpholine rings is 1. The molecule has 146 valence electrons. The number of pyridine rings is 1. The minimum Gasteiger partial charge on any atom is -0.494 e. The van der Waals surface area contributed by atoms with E-state index in [-0.39, 0.29) is 0 Å². The molecule has 0 saturated carbocycles. The van der Waals surface area contributed by atoms with E-state index < -0.39 is 6.03 Å². The number of hydrogen-bond donors (Lipinski definition) is 1. The number of carbonyl (C=O) groups is 1. The Labute approximate surface area is 163 Å². The highest BCUT2D eigenvalue weighted by Gasteiger charge is 2.10. The van der Waals surface area contributed by atoms with Gasteiger partial charge in [0.1, 0.15) is 11.4 Å². The predicted octanol–water partition coefficient (Wildman–Crippen LogP) is 2.73. The number of fused-ring (bicyclic) bond motifs is 1. The molecule has 3 heterocycles. The molecule has 1 amide bonds. The fourth-order valence-corrected chi connectivity index (χ4v) is 3.43. The van der Waals surface area contributed by atoms with Crippen LogP contribution in [0, 0.1) is 0 Å². The zero-order valence-corrected chi connectivity index (χ0v) is 15.7. The highest BCUT2D eigenvalue weighted by Crippen LogP contribution is 2.26. The van der Waals surface area contributed by atoms with Gasteiger partial charge < -0.3 is 15.2 Å². The maximum absolute atomic E-state index is 11.4. The van der Waals surface area contributed by atoms with Crippen molar-refractivity contribution < 1.29 is 14.3 Å². The van der Waals surface area contributed by atoms with Crippen LogP contribution in [0.4, 0.5) is 4.79 Å². The van der Waals surface area contributed by atoms with Gasteiger partial charge in [-0.3, -0.25) is 9.47 Å². The quantitative estimate of drug-likeness (QED) is 0.665. The van der Waals surface area contributed by atoms with Crippen molar-refractivity contribution in [3.63, 3.8) is 0 Å². The van der Waals surface area contributed by atoms with E-state index in [0.717, 1.165) is 61.5 Å². The normalized spacial score (nSPS) is 15.0. The lowest BCUT2D eigenvalue weighted by Gasteiger charge is -2.26. The number of nitrogens with zero attached hydrogens (tertiary/aromatic N) is 3. The minimum atomic E-state index is -0.539. The van der Waals surface area contributed by atoms with Crippen molar-refractivity contribution in [2.45, 2.75) is 6.42 Å². The summed E-state index contributed by atoms with van der Waals surface area (Å²) < 4.78 is 12.6. The van der Waals surface area contributed by atoms with Crippen molar-refractivity contribution in [3.05, 3.63) is 48.8 Å². The Hall–Kier alpha value is -2.90. The number of rotatable bonds is 6. The fraction of sp³-hybridized carbons (Fsp3) is 0.333. The molecule has 1 fully saturated rings. The lowest BCUT2D eigenvalue weighted by molar-refractivity contribution is 0.0358. The van der Waals surface area contributed by atoms with Crippen molar-refractivity contribution in [2.75, 3.05) is 39.5 Å². The number of amides is 1. The van der Waals surface area contributed by atoms with Crippen LogP contribution < -0.4 is 10.5 Å². The van der Waals surface area contributed by atoms with Crippen molar-refractivity contribution >= 4 is 17.1 Å². The number of nitrogens with two attached hydrogens (primary N) is 1. The van der Waals surface area contributed by atoms with Crippen molar-refractivity contribution in [3.8, 4) is 16.9 Å². The van der Waals surface area contributed by atoms with Gasteiger partial charge in [-0.25, -0.2) is 9.78 Å². The molecule has 1 aliphatic heterocycles. The molecule has 0 radical (unpaired) electrons. The third-order valence-electron chi connectivity index (χ3n) is 4.92.